The monoisotopic (exact) mass is 262 g/mol. The molecular weight excluding hydrogens is 248 g/mol. The van der Waals surface area contributed by atoms with Crippen LogP contribution in [0.4, 0.5) is 11.4 Å². The van der Waals surface area contributed by atoms with Gasteiger partial charge in [-0.05, 0) is 13.0 Å². The second-order valence-electron chi connectivity index (χ2n) is 3.86. The molecule has 0 unspecified atom stereocenters. The molecule has 0 aliphatic heterocycles. The van der Waals surface area contributed by atoms with Crippen LogP contribution in [-0.4, -0.2) is 35.9 Å². The fraction of sp³-hybridized carbons (Fsp3) is 0.333. The third-order valence-electron chi connectivity index (χ3n) is 2.66. The Kier molecular flexibility index (Phi) is 4.83. The summed E-state index contributed by atoms with van der Waals surface area (Å²) in [5, 5.41) is 22.3. The van der Waals surface area contributed by atoms with Crippen molar-refractivity contribution in [1.29, 1.82) is 5.26 Å². The zero-order valence-electron chi connectivity index (χ0n) is 10.7. The summed E-state index contributed by atoms with van der Waals surface area (Å²) in [5.41, 5.74) is 0.395. The first kappa shape index (κ1) is 14.4. The number of nitriles is 1. The number of amides is 1. The molecule has 0 aliphatic rings. The van der Waals surface area contributed by atoms with Crippen molar-refractivity contribution in [2.24, 2.45) is 0 Å². The van der Waals surface area contributed by atoms with E-state index in [1.165, 1.54) is 23.1 Å². The highest BCUT2D eigenvalue weighted by Gasteiger charge is 2.12. The van der Waals surface area contributed by atoms with Gasteiger partial charge in [-0.1, -0.05) is 0 Å². The van der Waals surface area contributed by atoms with Crippen molar-refractivity contribution in [2.45, 2.75) is 6.92 Å². The van der Waals surface area contributed by atoms with Gasteiger partial charge in [0.25, 0.3) is 5.69 Å². The van der Waals surface area contributed by atoms with Gasteiger partial charge in [0.05, 0.1) is 22.7 Å². The van der Waals surface area contributed by atoms with Gasteiger partial charge in [-0.3, -0.25) is 14.9 Å². The Labute approximate surface area is 110 Å². The first-order chi connectivity index (χ1) is 8.99. The number of anilines is 1. The normalized spacial score (nSPS) is 9.53. The molecule has 0 aromatic heterocycles. The third kappa shape index (κ3) is 3.67. The van der Waals surface area contributed by atoms with E-state index < -0.39 is 4.92 Å². The zero-order chi connectivity index (χ0) is 14.4. The molecular formula is C12H14N4O3. The van der Waals surface area contributed by atoms with Gasteiger partial charge in [0.15, 0.2) is 0 Å². The molecule has 0 heterocycles. The zero-order valence-corrected chi connectivity index (χ0v) is 10.7. The average Bonchev–Trinajstić information content (AvgIpc) is 2.43. The molecule has 7 heteroatoms. The van der Waals surface area contributed by atoms with Crippen LogP contribution in [0.1, 0.15) is 12.5 Å². The largest absolute Gasteiger partial charge is 0.375 e. The molecule has 0 radical (unpaired) electrons. The maximum Gasteiger partial charge on any atom is 0.270 e. The highest BCUT2D eigenvalue weighted by Crippen LogP contribution is 2.21. The number of hydrogen-bond donors (Lipinski definition) is 1. The van der Waals surface area contributed by atoms with Gasteiger partial charge >= 0.3 is 0 Å². The first-order valence-electron chi connectivity index (χ1n) is 5.66. The molecule has 0 fully saturated rings. The lowest BCUT2D eigenvalue weighted by Gasteiger charge is -2.15. The number of carbonyl (C=O) groups is 1. The van der Waals surface area contributed by atoms with Crippen LogP contribution in [0, 0.1) is 21.4 Å². The minimum atomic E-state index is -0.569. The standard InChI is InChI=1S/C12H14N4O3/c1-3-15(2)12(17)8-14-11-5-4-10(16(18)19)6-9(11)7-13/h4-6,14H,3,8H2,1-2H3. The predicted molar refractivity (Wildman–Crippen MR) is 69.6 cm³/mol. The Morgan fingerprint density at radius 2 is 2.26 bits per heavy atom. The Bertz CT molecular complexity index is 536. The highest BCUT2D eigenvalue weighted by atomic mass is 16.6. The Hall–Kier alpha value is -2.62. The molecule has 7 nitrogen and oxygen atoms in total. The number of hydrogen-bond acceptors (Lipinski definition) is 5. The van der Waals surface area contributed by atoms with E-state index in [1.807, 2.05) is 13.0 Å². The quantitative estimate of drug-likeness (QED) is 0.638. The van der Waals surface area contributed by atoms with Gasteiger partial charge in [0.2, 0.25) is 5.91 Å². The number of carbonyl (C=O) groups excluding carboxylic acids is 1. The number of benzene rings is 1. The molecule has 0 saturated heterocycles. The van der Waals surface area contributed by atoms with E-state index in [2.05, 4.69) is 5.32 Å². The number of nitrogens with zero attached hydrogens (tertiary/aromatic N) is 3. The minimum Gasteiger partial charge on any atom is -0.375 e. The fourth-order valence-electron chi connectivity index (χ4n) is 1.37. The van der Waals surface area contributed by atoms with Gasteiger partial charge in [-0.25, -0.2) is 0 Å². The summed E-state index contributed by atoms with van der Waals surface area (Å²) in [7, 11) is 1.67. The topological polar surface area (TPSA) is 99.3 Å². The van der Waals surface area contributed by atoms with Crippen LogP contribution in [0.5, 0.6) is 0 Å². The lowest BCUT2D eigenvalue weighted by Crippen LogP contribution is -2.32. The van der Waals surface area contributed by atoms with Crippen molar-refractivity contribution in [2.75, 3.05) is 25.5 Å². The van der Waals surface area contributed by atoms with Crippen molar-refractivity contribution in [3.63, 3.8) is 0 Å². The van der Waals surface area contributed by atoms with E-state index in [0.29, 0.717) is 12.2 Å². The van der Waals surface area contributed by atoms with Crippen molar-refractivity contribution in [3.05, 3.63) is 33.9 Å². The van der Waals surface area contributed by atoms with Crippen LogP contribution < -0.4 is 5.32 Å². The lowest BCUT2D eigenvalue weighted by molar-refractivity contribution is -0.384. The third-order valence-corrected chi connectivity index (χ3v) is 2.66. The van der Waals surface area contributed by atoms with Crippen LogP contribution in [0.3, 0.4) is 0 Å². The number of non-ortho nitro benzene ring substituents is 1. The van der Waals surface area contributed by atoms with Crippen molar-refractivity contribution < 1.29 is 9.72 Å². The summed E-state index contributed by atoms with van der Waals surface area (Å²) >= 11 is 0. The average molecular weight is 262 g/mol. The van der Waals surface area contributed by atoms with E-state index in [0.717, 1.165) is 0 Å². The van der Waals surface area contributed by atoms with Gasteiger partial charge in [-0.15, -0.1) is 0 Å². The predicted octanol–water partition coefficient (Wildman–Crippen LogP) is 1.36. The van der Waals surface area contributed by atoms with Gasteiger partial charge < -0.3 is 10.2 Å². The number of nitro benzene ring substituents is 1. The minimum absolute atomic E-state index is 0.0385. The summed E-state index contributed by atoms with van der Waals surface area (Å²) in [6, 6.07) is 5.76. The van der Waals surface area contributed by atoms with Gasteiger partial charge in [0, 0.05) is 25.7 Å². The van der Waals surface area contributed by atoms with Crippen LogP contribution in [0.25, 0.3) is 0 Å². The summed E-state index contributed by atoms with van der Waals surface area (Å²) in [4.78, 5) is 23.1. The smallest absolute Gasteiger partial charge is 0.270 e. The van der Waals surface area contributed by atoms with Crippen molar-refractivity contribution in [3.8, 4) is 6.07 Å². The van der Waals surface area contributed by atoms with E-state index in [1.54, 1.807) is 7.05 Å². The van der Waals surface area contributed by atoms with Crippen LogP contribution in [-0.2, 0) is 4.79 Å². The van der Waals surface area contributed by atoms with Crippen LogP contribution in [0.2, 0.25) is 0 Å². The van der Waals surface area contributed by atoms with Gasteiger partial charge in [0.1, 0.15) is 6.07 Å². The molecule has 1 aromatic rings. The Balaban J connectivity index is 2.82. The van der Waals surface area contributed by atoms with Crippen LogP contribution in [0.15, 0.2) is 18.2 Å². The molecule has 19 heavy (non-hydrogen) atoms. The fourth-order valence-corrected chi connectivity index (χ4v) is 1.37. The number of nitrogens with one attached hydrogen (secondary N) is 1. The van der Waals surface area contributed by atoms with E-state index in [4.69, 9.17) is 5.26 Å². The molecule has 0 aliphatic carbocycles. The molecule has 1 rings (SSSR count). The highest BCUT2D eigenvalue weighted by molar-refractivity contribution is 5.81. The van der Waals surface area contributed by atoms with E-state index in [9.17, 15) is 14.9 Å². The maximum atomic E-state index is 11.6. The molecule has 0 spiro atoms. The summed E-state index contributed by atoms with van der Waals surface area (Å²) < 4.78 is 0. The SMILES string of the molecule is CCN(C)C(=O)CNc1ccc([N+](=O)[O-])cc1C#N. The van der Waals surface area contributed by atoms with Crippen LogP contribution >= 0.6 is 0 Å². The molecule has 1 amide bonds. The molecule has 0 saturated carbocycles. The second-order valence-corrected chi connectivity index (χ2v) is 3.86. The summed E-state index contributed by atoms with van der Waals surface area (Å²) in [6.07, 6.45) is 0. The van der Waals surface area contributed by atoms with Gasteiger partial charge in [-0.2, -0.15) is 5.26 Å². The summed E-state index contributed by atoms with van der Waals surface area (Å²) in [5.74, 6) is -0.121. The second kappa shape index (κ2) is 6.35. The maximum absolute atomic E-state index is 11.6. The molecule has 0 atom stereocenters. The lowest BCUT2D eigenvalue weighted by atomic mass is 10.1. The summed E-state index contributed by atoms with van der Waals surface area (Å²) in [6.45, 7) is 2.48. The number of likely N-dealkylation sites (N-methyl/N-ethyl adjacent to an activating group) is 1. The van der Waals surface area contributed by atoms with Crippen molar-refractivity contribution >= 4 is 17.3 Å². The Morgan fingerprint density at radius 1 is 1.58 bits per heavy atom. The van der Waals surface area contributed by atoms with Crippen molar-refractivity contribution in [1.82, 2.24) is 4.90 Å². The molecule has 1 N–H and O–H groups in total. The van der Waals surface area contributed by atoms with E-state index >= 15 is 0 Å². The van der Waals surface area contributed by atoms with E-state index in [-0.39, 0.29) is 23.7 Å². The molecule has 1 aromatic carbocycles. The first-order valence-corrected chi connectivity index (χ1v) is 5.66. The molecule has 100 valence electrons. The Morgan fingerprint density at radius 3 is 2.79 bits per heavy atom. The number of rotatable bonds is 5. The number of nitro groups is 1. The molecule has 0 bridgehead atoms.